The summed E-state index contributed by atoms with van der Waals surface area (Å²) in [4.78, 5) is 12.1. The van der Waals surface area contributed by atoms with E-state index in [4.69, 9.17) is 9.47 Å². The van der Waals surface area contributed by atoms with E-state index in [0.717, 1.165) is 0 Å². The molecule has 8 heteroatoms. The number of aromatic nitrogens is 2. The second-order valence-corrected chi connectivity index (χ2v) is 4.45. The first-order valence-corrected chi connectivity index (χ1v) is 6.39. The number of rotatable bonds is 5. The van der Waals surface area contributed by atoms with Gasteiger partial charge in [-0.25, -0.2) is 0 Å². The Hall–Kier alpha value is -1.15. The van der Waals surface area contributed by atoms with Crippen LogP contribution in [0.1, 0.15) is 6.92 Å². The van der Waals surface area contributed by atoms with E-state index < -0.39 is 0 Å². The van der Waals surface area contributed by atoms with Gasteiger partial charge in [0.1, 0.15) is 6.04 Å². The fourth-order valence-electron chi connectivity index (χ4n) is 1.97. The van der Waals surface area contributed by atoms with Gasteiger partial charge in [-0.3, -0.25) is 9.48 Å². The second kappa shape index (κ2) is 8.21. The van der Waals surface area contributed by atoms with Gasteiger partial charge in [0.2, 0.25) is 5.91 Å². The maximum absolute atomic E-state index is 12.1. The van der Waals surface area contributed by atoms with Gasteiger partial charge in [0.15, 0.2) is 5.82 Å². The van der Waals surface area contributed by atoms with Gasteiger partial charge in [-0.2, -0.15) is 5.10 Å². The van der Waals surface area contributed by atoms with Gasteiger partial charge in [-0.05, 0) is 6.92 Å². The zero-order chi connectivity index (χ0) is 13.7. The number of hydrogen-bond donors (Lipinski definition) is 2. The van der Waals surface area contributed by atoms with Crippen LogP contribution in [-0.4, -0.2) is 54.7 Å². The number of hydrogen-bond acceptors (Lipinski definition) is 5. The highest BCUT2D eigenvalue weighted by Gasteiger charge is 2.28. The van der Waals surface area contributed by atoms with Crippen molar-refractivity contribution in [2.45, 2.75) is 25.6 Å². The molecule has 1 saturated heterocycles. The fourth-order valence-corrected chi connectivity index (χ4v) is 1.97. The van der Waals surface area contributed by atoms with Crippen LogP contribution in [0.25, 0.3) is 0 Å². The van der Waals surface area contributed by atoms with E-state index in [1.165, 1.54) is 0 Å². The van der Waals surface area contributed by atoms with Crippen molar-refractivity contribution in [1.29, 1.82) is 0 Å². The predicted octanol–water partition coefficient (Wildman–Crippen LogP) is 0.267. The van der Waals surface area contributed by atoms with E-state index in [9.17, 15) is 4.79 Å². The van der Waals surface area contributed by atoms with Gasteiger partial charge in [0.05, 0.1) is 25.9 Å². The van der Waals surface area contributed by atoms with Crippen molar-refractivity contribution in [2.24, 2.45) is 0 Å². The first-order chi connectivity index (χ1) is 9.20. The van der Waals surface area contributed by atoms with Crippen LogP contribution >= 0.6 is 12.4 Å². The summed E-state index contributed by atoms with van der Waals surface area (Å²) >= 11 is 0. The number of carbonyl (C=O) groups excluding carboxylic acids is 1. The Morgan fingerprint density at radius 2 is 2.50 bits per heavy atom. The van der Waals surface area contributed by atoms with Crippen molar-refractivity contribution in [3.8, 4) is 0 Å². The molecule has 0 saturated carbocycles. The Bertz CT molecular complexity index is 427. The molecule has 1 aliphatic heterocycles. The fraction of sp³-hybridized carbons (Fsp3) is 0.667. The Morgan fingerprint density at radius 3 is 3.20 bits per heavy atom. The van der Waals surface area contributed by atoms with Crippen LogP contribution in [-0.2, 0) is 20.8 Å². The molecule has 114 valence electrons. The lowest BCUT2D eigenvalue weighted by Crippen LogP contribution is -2.53. The molecule has 2 atom stereocenters. The molecule has 1 aromatic heterocycles. The SMILES string of the molecule is COCCn1ccc(NC(=O)[C@H]2NCCO[C@@H]2C)n1.Cl. The van der Waals surface area contributed by atoms with Gasteiger partial charge in [0.25, 0.3) is 0 Å². The molecular weight excluding hydrogens is 284 g/mol. The lowest BCUT2D eigenvalue weighted by Gasteiger charge is -2.28. The Balaban J connectivity index is 0.00000200. The van der Waals surface area contributed by atoms with Crippen LogP contribution < -0.4 is 10.6 Å². The number of methoxy groups -OCH3 is 1. The van der Waals surface area contributed by atoms with E-state index >= 15 is 0 Å². The van der Waals surface area contributed by atoms with Crippen molar-refractivity contribution in [3.63, 3.8) is 0 Å². The maximum atomic E-state index is 12.1. The van der Waals surface area contributed by atoms with Gasteiger partial charge >= 0.3 is 0 Å². The highest BCUT2D eigenvalue weighted by Crippen LogP contribution is 2.08. The van der Waals surface area contributed by atoms with Gasteiger partial charge in [-0.1, -0.05) is 0 Å². The van der Waals surface area contributed by atoms with Crippen molar-refractivity contribution in [1.82, 2.24) is 15.1 Å². The molecule has 0 unspecified atom stereocenters. The number of ether oxygens (including phenoxy) is 2. The first-order valence-electron chi connectivity index (χ1n) is 6.39. The number of nitrogens with zero attached hydrogens (tertiary/aromatic N) is 2. The number of nitrogens with one attached hydrogen (secondary N) is 2. The maximum Gasteiger partial charge on any atom is 0.245 e. The highest BCUT2D eigenvalue weighted by molar-refractivity contribution is 5.94. The minimum Gasteiger partial charge on any atom is -0.383 e. The van der Waals surface area contributed by atoms with Crippen LogP contribution in [0.15, 0.2) is 12.3 Å². The lowest BCUT2D eigenvalue weighted by molar-refractivity contribution is -0.123. The molecule has 0 bridgehead atoms. The average Bonchev–Trinajstić information content (AvgIpc) is 2.84. The van der Waals surface area contributed by atoms with Crippen LogP contribution in [0.2, 0.25) is 0 Å². The number of amides is 1. The zero-order valence-corrected chi connectivity index (χ0v) is 12.5. The average molecular weight is 305 g/mol. The van der Waals surface area contributed by atoms with Crippen molar-refractivity contribution < 1.29 is 14.3 Å². The van der Waals surface area contributed by atoms with E-state index in [-0.39, 0.29) is 30.5 Å². The minimum absolute atomic E-state index is 0. The zero-order valence-electron chi connectivity index (χ0n) is 11.7. The summed E-state index contributed by atoms with van der Waals surface area (Å²) in [6, 6.07) is 1.43. The molecule has 2 rings (SSSR count). The Labute approximate surface area is 124 Å². The summed E-state index contributed by atoms with van der Waals surface area (Å²) in [7, 11) is 1.64. The number of anilines is 1. The minimum atomic E-state index is -0.335. The third-order valence-corrected chi connectivity index (χ3v) is 3.02. The molecular formula is C12H21ClN4O3. The van der Waals surface area contributed by atoms with E-state index in [0.29, 0.717) is 32.1 Å². The second-order valence-electron chi connectivity index (χ2n) is 4.45. The topological polar surface area (TPSA) is 77.4 Å². The van der Waals surface area contributed by atoms with Crippen LogP contribution in [0.5, 0.6) is 0 Å². The molecule has 0 aromatic carbocycles. The lowest BCUT2D eigenvalue weighted by atomic mass is 10.1. The Kier molecular flexibility index (Phi) is 6.94. The summed E-state index contributed by atoms with van der Waals surface area (Å²) in [5, 5.41) is 10.2. The molecule has 1 amide bonds. The van der Waals surface area contributed by atoms with E-state index in [2.05, 4.69) is 15.7 Å². The van der Waals surface area contributed by atoms with Crippen molar-refractivity contribution >= 4 is 24.1 Å². The van der Waals surface area contributed by atoms with Crippen LogP contribution in [0.3, 0.4) is 0 Å². The number of carbonyl (C=O) groups is 1. The molecule has 2 N–H and O–H groups in total. The number of morpholine rings is 1. The van der Waals surface area contributed by atoms with Gasteiger partial charge in [-0.15, -0.1) is 12.4 Å². The van der Waals surface area contributed by atoms with Gasteiger partial charge in [0, 0.05) is 25.9 Å². The monoisotopic (exact) mass is 304 g/mol. The summed E-state index contributed by atoms with van der Waals surface area (Å²) in [5.74, 6) is 0.421. The molecule has 0 aliphatic carbocycles. The molecule has 7 nitrogen and oxygen atoms in total. The van der Waals surface area contributed by atoms with Crippen LogP contribution in [0.4, 0.5) is 5.82 Å². The highest BCUT2D eigenvalue weighted by atomic mass is 35.5. The third-order valence-electron chi connectivity index (χ3n) is 3.02. The summed E-state index contributed by atoms with van der Waals surface area (Å²) in [5.41, 5.74) is 0. The molecule has 1 aromatic rings. The molecule has 0 spiro atoms. The number of halogens is 1. The van der Waals surface area contributed by atoms with Crippen LogP contribution in [0, 0.1) is 0 Å². The summed E-state index contributed by atoms with van der Waals surface area (Å²) < 4.78 is 12.1. The normalized spacial score (nSPS) is 22.1. The van der Waals surface area contributed by atoms with E-state index in [1.54, 1.807) is 17.9 Å². The first kappa shape index (κ1) is 16.9. The molecule has 0 radical (unpaired) electrons. The molecule has 1 aliphatic rings. The Morgan fingerprint density at radius 1 is 1.70 bits per heavy atom. The van der Waals surface area contributed by atoms with E-state index in [1.807, 2.05) is 13.1 Å². The molecule has 1 fully saturated rings. The van der Waals surface area contributed by atoms with Crippen molar-refractivity contribution in [2.75, 3.05) is 32.2 Å². The predicted molar refractivity (Wildman–Crippen MR) is 77.2 cm³/mol. The van der Waals surface area contributed by atoms with Gasteiger partial charge < -0.3 is 20.1 Å². The third kappa shape index (κ3) is 4.45. The molecule has 2 heterocycles. The standard InChI is InChI=1S/C12H20N4O3.ClH/c1-9-11(13-4-7-19-9)12(17)14-10-3-5-16(15-10)6-8-18-2;/h3,5,9,11,13H,4,6-8H2,1-2H3,(H,14,15,17);1H/t9-,11+;/m1./s1. The molecule has 20 heavy (non-hydrogen) atoms. The van der Waals surface area contributed by atoms with Crippen molar-refractivity contribution in [3.05, 3.63) is 12.3 Å². The summed E-state index contributed by atoms with van der Waals surface area (Å²) in [6.07, 6.45) is 1.67. The largest absolute Gasteiger partial charge is 0.383 e. The summed E-state index contributed by atoms with van der Waals surface area (Å²) in [6.45, 7) is 4.45. The smallest absolute Gasteiger partial charge is 0.245 e. The quantitative estimate of drug-likeness (QED) is 0.816.